The van der Waals surface area contributed by atoms with Crippen LogP contribution in [0.4, 0.5) is 22.0 Å². The first-order valence-corrected chi connectivity index (χ1v) is 5.49. The smallest absolute Gasteiger partial charge is 0.237 e. The maximum absolute atomic E-state index is 12.4. The molecule has 1 rings (SSSR count). The van der Waals surface area contributed by atoms with Crippen LogP contribution in [0.15, 0.2) is 6.07 Å². The monoisotopic (exact) mass is 371 g/mol. The van der Waals surface area contributed by atoms with Crippen LogP contribution in [0.3, 0.4) is 0 Å². The summed E-state index contributed by atoms with van der Waals surface area (Å²) in [6.07, 6.45) is -7.56. The summed E-state index contributed by atoms with van der Waals surface area (Å²) < 4.78 is 61.7. The number of nitrogens with zero attached hydrogens (tertiary/aromatic N) is 1. The van der Waals surface area contributed by atoms with Crippen molar-refractivity contribution in [2.75, 3.05) is 0 Å². The predicted molar refractivity (Wildman–Crippen MR) is 56.5 cm³/mol. The molecule has 0 aliphatic heterocycles. The van der Waals surface area contributed by atoms with Gasteiger partial charge in [-0.1, -0.05) is 0 Å². The van der Waals surface area contributed by atoms with Gasteiger partial charge in [-0.25, -0.2) is 13.8 Å². The largest absolute Gasteiger partial charge is 0.433 e. The Hall–Kier alpha value is -0.180. The number of halogens is 7. The maximum Gasteiger partial charge on any atom is 0.433 e. The van der Waals surface area contributed by atoms with E-state index >= 15 is 0 Å². The summed E-state index contributed by atoms with van der Waals surface area (Å²) in [5.74, 6) is -0.515. The van der Waals surface area contributed by atoms with Crippen LogP contribution in [0, 0.1) is 3.70 Å². The van der Waals surface area contributed by atoms with Crippen molar-refractivity contribution in [3.63, 3.8) is 0 Å². The van der Waals surface area contributed by atoms with E-state index in [-0.39, 0.29) is 3.70 Å². The molecule has 1 heterocycles. The van der Waals surface area contributed by atoms with Crippen LogP contribution in [-0.4, -0.2) is 4.98 Å². The molecule has 0 amide bonds. The maximum atomic E-state index is 12.4. The van der Waals surface area contributed by atoms with E-state index in [1.54, 1.807) is 0 Å². The Kier molecular flexibility index (Phi) is 4.33. The molecule has 0 aliphatic rings. The zero-order valence-electron chi connectivity index (χ0n) is 7.45. The van der Waals surface area contributed by atoms with Crippen molar-refractivity contribution < 1.29 is 22.0 Å². The minimum atomic E-state index is -4.69. The van der Waals surface area contributed by atoms with Crippen molar-refractivity contribution in [2.45, 2.75) is 18.5 Å². The molecule has 0 N–H and O–H groups in total. The lowest BCUT2D eigenvalue weighted by Gasteiger charge is -2.13. The van der Waals surface area contributed by atoms with Gasteiger partial charge in [-0.3, -0.25) is 0 Å². The number of aromatic nitrogens is 1. The third-order valence-corrected chi connectivity index (χ3v) is 2.88. The van der Waals surface area contributed by atoms with E-state index in [0.717, 1.165) is 6.07 Å². The van der Waals surface area contributed by atoms with Crippen molar-refractivity contribution in [3.8, 4) is 0 Å². The van der Waals surface area contributed by atoms with Gasteiger partial charge < -0.3 is 0 Å². The molecular formula is C8H4ClF5IN. The highest BCUT2D eigenvalue weighted by Gasteiger charge is 2.36. The molecule has 0 saturated heterocycles. The zero-order valence-corrected chi connectivity index (χ0v) is 10.4. The van der Waals surface area contributed by atoms with Crippen molar-refractivity contribution >= 4 is 34.2 Å². The van der Waals surface area contributed by atoms with Crippen LogP contribution in [0.25, 0.3) is 0 Å². The number of hydrogen-bond donors (Lipinski definition) is 0. The fraction of sp³-hybridized carbons (Fsp3) is 0.375. The average molecular weight is 371 g/mol. The van der Waals surface area contributed by atoms with Gasteiger partial charge in [-0.05, 0) is 34.2 Å². The molecule has 0 spiro atoms. The Bertz CT molecular complexity index is 393. The van der Waals surface area contributed by atoms with Gasteiger partial charge >= 0.3 is 6.18 Å². The summed E-state index contributed by atoms with van der Waals surface area (Å²) in [5.41, 5.74) is -2.19. The third-order valence-electron chi connectivity index (χ3n) is 1.73. The second kappa shape index (κ2) is 4.99. The summed E-state index contributed by atoms with van der Waals surface area (Å²) >= 11 is 6.62. The van der Waals surface area contributed by atoms with Gasteiger partial charge in [-0.2, -0.15) is 13.2 Å². The molecule has 0 bridgehead atoms. The highest BCUT2D eigenvalue weighted by atomic mass is 127. The standard InChI is InChI=1S/C8H4ClF5IN/c9-2-3-1-4(6(10)11)7(15)16-5(3)8(12,13)14/h1,6H,2H2. The molecule has 1 aromatic rings. The summed E-state index contributed by atoms with van der Waals surface area (Å²) in [6, 6.07) is 0.745. The lowest BCUT2D eigenvalue weighted by molar-refractivity contribution is -0.141. The molecule has 8 heteroatoms. The summed E-state index contributed by atoms with van der Waals surface area (Å²) in [6.45, 7) is 0. The normalized spacial score (nSPS) is 12.2. The molecule has 0 aromatic carbocycles. The van der Waals surface area contributed by atoms with E-state index in [1.165, 1.54) is 22.6 Å². The second-order valence-electron chi connectivity index (χ2n) is 2.81. The fourth-order valence-electron chi connectivity index (χ4n) is 1.05. The first kappa shape index (κ1) is 13.9. The van der Waals surface area contributed by atoms with Crippen LogP contribution in [0.1, 0.15) is 23.2 Å². The van der Waals surface area contributed by atoms with Crippen LogP contribution >= 0.6 is 34.2 Å². The van der Waals surface area contributed by atoms with Gasteiger partial charge in [0.05, 0.1) is 0 Å². The first-order chi connectivity index (χ1) is 7.27. The SMILES string of the molecule is FC(F)c1cc(CCl)c(C(F)(F)F)nc1I. The average Bonchev–Trinajstić information content (AvgIpc) is 2.15. The van der Waals surface area contributed by atoms with Gasteiger partial charge in [0.25, 0.3) is 6.43 Å². The molecule has 0 radical (unpaired) electrons. The Morgan fingerprint density at radius 3 is 2.31 bits per heavy atom. The number of hydrogen-bond acceptors (Lipinski definition) is 1. The van der Waals surface area contributed by atoms with Crippen LogP contribution in [0.5, 0.6) is 0 Å². The third kappa shape index (κ3) is 2.93. The Morgan fingerprint density at radius 2 is 1.94 bits per heavy atom. The second-order valence-corrected chi connectivity index (χ2v) is 4.10. The lowest BCUT2D eigenvalue weighted by atomic mass is 10.1. The van der Waals surface area contributed by atoms with E-state index in [0.29, 0.717) is 0 Å². The molecule has 0 fully saturated rings. The van der Waals surface area contributed by atoms with E-state index in [4.69, 9.17) is 11.6 Å². The van der Waals surface area contributed by atoms with Crippen LogP contribution in [0.2, 0.25) is 0 Å². The Morgan fingerprint density at radius 1 is 1.38 bits per heavy atom. The minimum absolute atomic E-state index is 0.367. The summed E-state index contributed by atoms with van der Waals surface area (Å²) in [5, 5.41) is 0. The fourth-order valence-corrected chi connectivity index (χ4v) is 1.89. The van der Waals surface area contributed by atoms with Crippen molar-refractivity contribution in [3.05, 3.63) is 26.6 Å². The zero-order chi connectivity index (χ0) is 12.5. The molecule has 1 aromatic heterocycles. The molecule has 0 aliphatic carbocycles. The van der Waals surface area contributed by atoms with Gasteiger partial charge in [0.15, 0.2) is 0 Å². The quantitative estimate of drug-likeness (QED) is 0.325. The van der Waals surface area contributed by atoms with Crippen molar-refractivity contribution in [1.82, 2.24) is 4.98 Å². The van der Waals surface area contributed by atoms with Crippen molar-refractivity contribution in [1.29, 1.82) is 0 Å². The molecule has 16 heavy (non-hydrogen) atoms. The molecule has 90 valence electrons. The Balaban J connectivity index is 3.38. The van der Waals surface area contributed by atoms with Gasteiger partial charge in [0.2, 0.25) is 0 Å². The lowest BCUT2D eigenvalue weighted by Crippen LogP contribution is -2.14. The van der Waals surface area contributed by atoms with E-state index in [2.05, 4.69) is 4.98 Å². The molecule has 1 nitrogen and oxygen atoms in total. The van der Waals surface area contributed by atoms with E-state index < -0.39 is 35.3 Å². The molecule has 0 unspecified atom stereocenters. The number of pyridine rings is 1. The summed E-state index contributed by atoms with van der Waals surface area (Å²) in [7, 11) is 0. The predicted octanol–water partition coefficient (Wildman–Crippen LogP) is 4.38. The molecule has 0 atom stereocenters. The van der Waals surface area contributed by atoms with Gasteiger partial charge in [-0.15, -0.1) is 11.6 Å². The van der Waals surface area contributed by atoms with E-state index in [1.807, 2.05) is 0 Å². The van der Waals surface area contributed by atoms with Crippen LogP contribution < -0.4 is 0 Å². The van der Waals surface area contributed by atoms with E-state index in [9.17, 15) is 22.0 Å². The van der Waals surface area contributed by atoms with Crippen molar-refractivity contribution in [2.24, 2.45) is 0 Å². The first-order valence-electron chi connectivity index (χ1n) is 3.88. The molecule has 0 saturated carbocycles. The molecular weight excluding hydrogens is 367 g/mol. The van der Waals surface area contributed by atoms with Gasteiger partial charge in [0, 0.05) is 11.4 Å². The Labute approximate surface area is 106 Å². The number of rotatable bonds is 2. The minimum Gasteiger partial charge on any atom is -0.237 e. The summed E-state index contributed by atoms with van der Waals surface area (Å²) in [4.78, 5) is 3.13. The topological polar surface area (TPSA) is 12.9 Å². The highest BCUT2D eigenvalue weighted by Crippen LogP contribution is 2.34. The van der Waals surface area contributed by atoms with Gasteiger partial charge in [0.1, 0.15) is 9.39 Å². The highest BCUT2D eigenvalue weighted by molar-refractivity contribution is 14.1. The number of alkyl halides is 6. The van der Waals surface area contributed by atoms with Crippen LogP contribution in [-0.2, 0) is 12.1 Å².